The zero-order valence-electron chi connectivity index (χ0n) is 42.2. The molecule has 0 saturated heterocycles. The number of carbonyl (C=O) groups is 1. The predicted molar refractivity (Wildman–Crippen MR) is 282 cm³/mol. The molecule has 6 unspecified atom stereocenters. The first kappa shape index (κ1) is 52.6. The molecule has 1 aliphatic heterocycles. The molecule has 3 aliphatic rings. The van der Waals surface area contributed by atoms with Gasteiger partial charge in [-0.15, -0.1) is 6.58 Å². The van der Waals surface area contributed by atoms with E-state index in [2.05, 4.69) is 61.7 Å². The van der Waals surface area contributed by atoms with Crippen molar-refractivity contribution < 1.29 is 34.1 Å². The van der Waals surface area contributed by atoms with Crippen LogP contribution in [0, 0.1) is 17.8 Å². The van der Waals surface area contributed by atoms with Gasteiger partial charge in [-0.1, -0.05) is 168 Å². The lowest BCUT2D eigenvalue weighted by Gasteiger charge is -2.60. The highest BCUT2D eigenvalue weighted by Crippen LogP contribution is 2.62. The smallest absolute Gasteiger partial charge is 0.239 e. The van der Waals surface area contributed by atoms with Crippen LogP contribution in [0.3, 0.4) is 0 Å². The maximum absolute atomic E-state index is 14.9. The lowest BCUT2D eigenvalue weighted by molar-refractivity contribution is -0.257. The monoisotopic (exact) mass is 953 g/mol. The van der Waals surface area contributed by atoms with Gasteiger partial charge in [-0.25, -0.2) is 0 Å². The Morgan fingerprint density at radius 3 is 2.11 bits per heavy atom. The lowest BCUT2D eigenvalue weighted by atomic mass is 9.55. The second-order valence-corrected chi connectivity index (χ2v) is 19.7. The largest absolute Gasteiger partial charge is 0.459 e. The van der Waals surface area contributed by atoms with E-state index in [0.29, 0.717) is 50.3 Å². The highest BCUT2D eigenvalue weighted by Gasteiger charge is 2.65. The van der Waals surface area contributed by atoms with Crippen LogP contribution in [0.5, 0.6) is 17.2 Å². The van der Waals surface area contributed by atoms with Crippen molar-refractivity contribution in [1.82, 2.24) is 4.90 Å². The number of carbonyl (C=O) groups excluding carboxylic acids is 1. The number of nitrogens with zero attached hydrogens (tertiary/aromatic N) is 2. The number of hydrogen-bond acceptors (Lipinski definition) is 8. The van der Waals surface area contributed by atoms with Crippen molar-refractivity contribution in [2.24, 2.45) is 22.9 Å². The standard InChI is InChI=1S/C61H80N2O7/c1-4-7-8-9-10-11-12-13-20-31-58(66)63(38-5-2)57-44-55(62-68-45-46-25-16-14-17-26-46)53-42-49(29-21-23-39-64)52(30-22-24-40-65)59-54-43-51(36-37-56(54)70-61(57,60(53)59)67-41-6-3)69-50-34-32-48(33-35-50)47-27-18-15-19-28-47/h6,14-19,25-28,32-37,42-43,49,52,57,59-60,64-65H,3-5,7-13,20-24,29-31,38-41,44-45H2,1-2H3. The molecule has 0 aromatic heterocycles. The molecule has 1 saturated carbocycles. The molecule has 1 amide bonds. The average molecular weight is 953 g/mol. The van der Waals surface area contributed by atoms with Crippen LogP contribution in [-0.4, -0.2) is 64.9 Å². The van der Waals surface area contributed by atoms with Crippen molar-refractivity contribution in [3.8, 4) is 28.4 Å². The van der Waals surface area contributed by atoms with E-state index in [4.69, 9.17) is 24.2 Å². The predicted octanol–water partition coefficient (Wildman–Crippen LogP) is 14.1. The summed E-state index contributed by atoms with van der Waals surface area (Å²) < 4.78 is 21.4. The third-order valence-corrected chi connectivity index (χ3v) is 14.7. The van der Waals surface area contributed by atoms with Gasteiger partial charge in [0.25, 0.3) is 0 Å². The molecule has 2 N–H and O–H groups in total. The first-order valence-corrected chi connectivity index (χ1v) is 26.8. The Hall–Kier alpha value is -5.22. The molecule has 9 heteroatoms. The van der Waals surface area contributed by atoms with Crippen LogP contribution in [0.2, 0.25) is 0 Å². The molecule has 376 valence electrons. The molecule has 1 heterocycles. The number of aliphatic hydroxyl groups excluding tert-OH is 2. The van der Waals surface area contributed by atoms with E-state index in [1.807, 2.05) is 72.8 Å². The van der Waals surface area contributed by atoms with E-state index in [1.54, 1.807) is 6.08 Å². The van der Waals surface area contributed by atoms with Crippen molar-refractivity contribution in [3.63, 3.8) is 0 Å². The molecule has 7 rings (SSSR count). The minimum absolute atomic E-state index is 0.108. The molecule has 0 radical (unpaired) electrons. The Bertz CT molecular complexity index is 2260. The topological polar surface area (TPSA) is 110 Å². The molecule has 9 nitrogen and oxygen atoms in total. The van der Waals surface area contributed by atoms with Gasteiger partial charge in [-0.3, -0.25) is 4.79 Å². The Morgan fingerprint density at radius 1 is 0.771 bits per heavy atom. The van der Waals surface area contributed by atoms with Crippen LogP contribution in [0.25, 0.3) is 11.1 Å². The third kappa shape index (κ3) is 13.4. The Balaban J connectivity index is 1.32. The van der Waals surface area contributed by atoms with E-state index in [0.717, 1.165) is 90.7 Å². The summed E-state index contributed by atoms with van der Waals surface area (Å²) in [4.78, 5) is 23.3. The number of allylic oxidation sites excluding steroid dienone is 1. The molecule has 2 aliphatic carbocycles. The van der Waals surface area contributed by atoms with Crippen molar-refractivity contribution in [3.05, 3.63) is 139 Å². The maximum Gasteiger partial charge on any atom is 0.239 e. The van der Waals surface area contributed by atoms with E-state index < -0.39 is 11.8 Å². The molecule has 4 aromatic carbocycles. The second-order valence-electron chi connectivity index (χ2n) is 19.7. The van der Waals surface area contributed by atoms with Gasteiger partial charge >= 0.3 is 0 Å². The first-order valence-electron chi connectivity index (χ1n) is 26.8. The van der Waals surface area contributed by atoms with Gasteiger partial charge in [0.1, 0.15) is 29.9 Å². The number of aliphatic hydroxyl groups is 2. The molecule has 4 aromatic rings. The Labute approximate surface area is 419 Å². The number of rotatable bonds is 30. The minimum Gasteiger partial charge on any atom is -0.459 e. The summed E-state index contributed by atoms with van der Waals surface area (Å²) in [7, 11) is 0. The van der Waals surface area contributed by atoms with Gasteiger partial charge in [-0.05, 0) is 103 Å². The first-order chi connectivity index (χ1) is 34.4. The summed E-state index contributed by atoms with van der Waals surface area (Å²) in [6, 6.07) is 34.3. The highest BCUT2D eigenvalue weighted by atomic mass is 16.7. The Morgan fingerprint density at radius 2 is 1.43 bits per heavy atom. The number of hydrogen-bond donors (Lipinski definition) is 2. The summed E-state index contributed by atoms with van der Waals surface area (Å²) in [5, 5.41) is 25.2. The van der Waals surface area contributed by atoms with Gasteiger partial charge < -0.3 is 34.2 Å². The Kier molecular flexibility index (Phi) is 20.6. The number of amides is 1. The zero-order chi connectivity index (χ0) is 49.0. The number of oxime groups is 1. The van der Waals surface area contributed by atoms with Crippen LogP contribution in [0.15, 0.2) is 133 Å². The van der Waals surface area contributed by atoms with Crippen molar-refractivity contribution >= 4 is 11.6 Å². The maximum atomic E-state index is 14.9. The average Bonchev–Trinajstić information content (AvgIpc) is 3.39. The van der Waals surface area contributed by atoms with E-state index >= 15 is 0 Å². The number of benzene rings is 4. The van der Waals surface area contributed by atoms with Crippen LogP contribution in [-0.2, 0) is 21.0 Å². The van der Waals surface area contributed by atoms with Crippen LogP contribution in [0.1, 0.15) is 146 Å². The van der Waals surface area contributed by atoms with Crippen LogP contribution in [0.4, 0.5) is 0 Å². The normalized spacial score (nSPS) is 21.8. The second kappa shape index (κ2) is 27.4. The van der Waals surface area contributed by atoms with Gasteiger partial charge in [0, 0.05) is 44.1 Å². The summed E-state index contributed by atoms with van der Waals surface area (Å²) >= 11 is 0. The SMILES string of the molecule is C=CCOC12Oc3ccc(Oc4ccc(-c5ccccc5)cc4)cc3C3C(CCCCO)C(CCCCO)C=C(C(=NOCc4ccccc4)CC1N(CCC)C(=O)CCCCCCCCCCC)C32. The summed E-state index contributed by atoms with van der Waals surface area (Å²) in [5.41, 5.74) is 6.15. The van der Waals surface area contributed by atoms with Crippen molar-refractivity contribution in [1.29, 1.82) is 0 Å². The van der Waals surface area contributed by atoms with Gasteiger partial charge in [-0.2, -0.15) is 0 Å². The fourth-order valence-corrected chi connectivity index (χ4v) is 11.4. The fourth-order valence-electron chi connectivity index (χ4n) is 11.4. The van der Waals surface area contributed by atoms with Gasteiger partial charge in [0.15, 0.2) is 0 Å². The summed E-state index contributed by atoms with van der Waals surface area (Å²) in [6.45, 7) is 9.84. The summed E-state index contributed by atoms with van der Waals surface area (Å²) in [6.07, 6.45) is 21.2. The van der Waals surface area contributed by atoms with Crippen LogP contribution < -0.4 is 9.47 Å². The van der Waals surface area contributed by atoms with Crippen LogP contribution >= 0.6 is 0 Å². The van der Waals surface area contributed by atoms with Crippen molar-refractivity contribution in [2.75, 3.05) is 26.4 Å². The molecule has 6 atom stereocenters. The number of fused-ring (bicyclic) bond motifs is 2. The lowest BCUT2D eigenvalue weighted by Crippen LogP contribution is -2.70. The molecular formula is C61H80N2O7. The van der Waals surface area contributed by atoms with E-state index in [1.165, 1.54) is 38.5 Å². The molecule has 1 fully saturated rings. The highest BCUT2D eigenvalue weighted by molar-refractivity contribution is 6.03. The van der Waals surface area contributed by atoms with Gasteiger partial charge in [0.2, 0.25) is 11.7 Å². The zero-order valence-corrected chi connectivity index (χ0v) is 42.2. The molecule has 0 bridgehead atoms. The van der Waals surface area contributed by atoms with E-state index in [9.17, 15) is 15.0 Å². The number of ether oxygens (including phenoxy) is 3. The molecule has 0 spiro atoms. The number of unbranched alkanes of at least 4 members (excludes halogenated alkanes) is 10. The van der Waals surface area contributed by atoms with E-state index in [-0.39, 0.29) is 49.4 Å². The quantitative estimate of drug-likeness (QED) is 0.0304. The van der Waals surface area contributed by atoms with Gasteiger partial charge in [0.05, 0.1) is 18.2 Å². The fraction of sp³-hybridized carbons (Fsp3) is 0.508. The third-order valence-electron chi connectivity index (χ3n) is 14.7. The minimum atomic E-state index is -1.29. The summed E-state index contributed by atoms with van der Waals surface area (Å²) in [5.74, 6) is 0.667. The van der Waals surface area contributed by atoms with Crippen molar-refractivity contribution in [2.45, 2.75) is 154 Å². The molecular weight excluding hydrogens is 873 g/mol. The molecule has 70 heavy (non-hydrogen) atoms.